The molecule has 1 amide bonds. The largest absolute Gasteiger partial charge is 0.369 e. The number of nitrogens with zero attached hydrogens (tertiary/aromatic N) is 1. The summed E-state index contributed by atoms with van der Waals surface area (Å²) < 4.78 is 6.20. The lowest BCUT2D eigenvalue weighted by atomic mass is 9.86. The molecule has 0 bridgehead atoms. The standard InChI is InChI=1S/C19H23N3O2S.2ClH/c23-18(22-9-4-15-3-1-2-8-21-15)16-13-14-5-12-24-19(17(14)25-16)6-10-20-11-7-19;;/h1-3,8,13,20H,4-7,9-12H2,(H,22,23);2*1H. The summed E-state index contributed by atoms with van der Waals surface area (Å²) in [6.45, 7) is 3.31. The highest BCUT2D eigenvalue weighted by Gasteiger charge is 2.41. The molecule has 2 N–H and O–H groups in total. The summed E-state index contributed by atoms with van der Waals surface area (Å²) in [6, 6.07) is 7.92. The number of fused-ring (bicyclic) bond motifs is 2. The third kappa shape index (κ3) is 4.81. The van der Waals surface area contributed by atoms with Crippen molar-refractivity contribution in [2.24, 2.45) is 0 Å². The van der Waals surface area contributed by atoms with Gasteiger partial charge in [0.1, 0.15) is 5.60 Å². The quantitative estimate of drug-likeness (QED) is 0.783. The third-order valence-corrected chi connectivity index (χ3v) is 6.36. The van der Waals surface area contributed by atoms with E-state index in [9.17, 15) is 4.79 Å². The summed E-state index contributed by atoms with van der Waals surface area (Å²) >= 11 is 1.61. The first kappa shape index (κ1) is 22.1. The lowest BCUT2D eigenvalue weighted by Gasteiger charge is -2.40. The Morgan fingerprint density at radius 1 is 1.30 bits per heavy atom. The Kier molecular flexibility index (Phi) is 8.06. The molecule has 2 aromatic rings. The van der Waals surface area contributed by atoms with Crippen LogP contribution >= 0.6 is 36.2 Å². The van der Waals surface area contributed by atoms with Crippen LogP contribution in [0.1, 0.15) is 38.6 Å². The summed E-state index contributed by atoms with van der Waals surface area (Å²) in [7, 11) is 0. The van der Waals surface area contributed by atoms with Crippen LogP contribution in [-0.2, 0) is 23.2 Å². The maximum atomic E-state index is 12.5. The van der Waals surface area contributed by atoms with Crippen LogP contribution in [0.4, 0.5) is 0 Å². The number of piperidine rings is 1. The number of hydrogen-bond acceptors (Lipinski definition) is 5. The van der Waals surface area contributed by atoms with Crippen LogP contribution in [0.15, 0.2) is 30.5 Å². The second-order valence-electron chi connectivity index (χ2n) is 6.63. The maximum Gasteiger partial charge on any atom is 0.261 e. The SMILES string of the molecule is Cl.Cl.O=C(NCCc1ccccn1)c1cc2c(s1)C1(CCNCC1)OCC2. The molecular weight excluding hydrogens is 405 g/mol. The van der Waals surface area contributed by atoms with E-state index in [1.54, 1.807) is 17.5 Å². The second-order valence-corrected chi connectivity index (χ2v) is 7.69. The number of ether oxygens (including phenoxy) is 1. The van der Waals surface area contributed by atoms with Gasteiger partial charge in [-0.15, -0.1) is 36.2 Å². The fourth-order valence-corrected chi connectivity index (χ4v) is 5.00. The van der Waals surface area contributed by atoms with Crippen molar-refractivity contribution in [3.8, 4) is 0 Å². The number of halogens is 2. The molecule has 1 fully saturated rings. The van der Waals surface area contributed by atoms with Gasteiger partial charge in [-0.1, -0.05) is 6.07 Å². The molecular formula is C19H25Cl2N3O2S. The Balaban J connectivity index is 0.00000131. The first-order chi connectivity index (χ1) is 12.3. The molecule has 1 saturated heterocycles. The Labute approximate surface area is 176 Å². The topological polar surface area (TPSA) is 63.2 Å². The Morgan fingerprint density at radius 2 is 2.11 bits per heavy atom. The third-order valence-electron chi connectivity index (χ3n) is 5.00. The molecule has 4 heterocycles. The molecule has 8 heteroatoms. The number of pyridine rings is 1. The van der Waals surface area contributed by atoms with Gasteiger partial charge in [0.15, 0.2) is 0 Å². The van der Waals surface area contributed by atoms with Crippen LogP contribution in [0.25, 0.3) is 0 Å². The Bertz CT molecular complexity index is 749. The number of carbonyl (C=O) groups is 1. The van der Waals surface area contributed by atoms with Gasteiger partial charge < -0.3 is 15.4 Å². The van der Waals surface area contributed by atoms with E-state index >= 15 is 0 Å². The number of hydrogen-bond donors (Lipinski definition) is 2. The smallest absolute Gasteiger partial charge is 0.261 e. The van der Waals surface area contributed by atoms with E-state index in [4.69, 9.17) is 4.74 Å². The van der Waals surface area contributed by atoms with Gasteiger partial charge in [0, 0.05) is 29.7 Å². The molecule has 148 valence electrons. The molecule has 0 aromatic carbocycles. The highest BCUT2D eigenvalue weighted by Crippen LogP contribution is 2.44. The van der Waals surface area contributed by atoms with Gasteiger partial charge in [0.2, 0.25) is 0 Å². The zero-order valence-electron chi connectivity index (χ0n) is 15.0. The average molecular weight is 430 g/mol. The van der Waals surface area contributed by atoms with Crippen LogP contribution < -0.4 is 10.6 Å². The predicted molar refractivity (Wildman–Crippen MR) is 113 cm³/mol. The molecule has 27 heavy (non-hydrogen) atoms. The number of amides is 1. The van der Waals surface area contributed by atoms with Crippen LogP contribution in [0, 0.1) is 0 Å². The summed E-state index contributed by atoms with van der Waals surface area (Å²) in [6.07, 6.45) is 5.41. The van der Waals surface area contributed by atoms with Crippen LogP contribution in [0.5, 0.6) is 0 Å². The monoisotopic (exact) mass is 429 g/mol. The van der Waals surface area contributed by atoms with Gasteiger partial charge in [-0.25, -0.2) is 0 Å². The Morgan fingerprint density at radius 3 is 2.85 bits per heavy atom. The van der Waals surface area contributed by atoms with Crippen LogP contribution in [0.2, 0.25) is 0 Å². The number of rotatable bonds is 4. The van der Waals surface area contributed by atoms with E-state index < -0.39 is 0 Å². The molecule has 0 saturated carbocycles. The molecule has 1 spiro atoms. The van der Waals surface area contributed by atoms with E-state index in [2.05, 4.69) is 21.7 Å². The number of aromatic nitrogens is 1. The van der Waals surface area contributed by atoms with Crippen molar-refractivity contribution in [2.45, 2.75) is 31.3 Å². The normalized spacial score (nSPS) is 17.3. The average Bonchev–Trinajstić information content (AvgIpc) is 3.10. The van der Waals surface area contributed by atoms with Gasteiger partial charge in [0.05, 0.1) is 11.5 Å². The summed E-state index contributed by atoms with van der Waals surface area (Å²) in [5.74, 6) is 0.0133. The van der Waals surface area contributed by atoms with Crippen molar-refractivity contribution >= 4 is 42.1 Å². The number of thiophene rings is 1. The van der Waals surface area contributed by atoms with Crippen molar-refractivity contribution in [2.75, 3.05) is 26.2 Å². The van der Waals surface area contributed by atoms with Crippen molar-refractivity contribution in [3.63, 3.8) is 0 Å². The number of carbonyl (C=O) groups excluding carboxylic acids is 1. The zero-order valence-corrected chi connectivity index (χ0v) is 17.5. The first-order valence-electron chi connectivity index (χ1n) is 8.93. The molecule has 2 aliphatic rings. The highest BCUT2D eigenvalue weighted by atomic mass is 35.5. The van der Waals surface area contributed by atoms with Crippen molar-refractivity contribution in [1.29, 1.82) is 0 Å². The predicted octanol–water partition coefficient (Wildman–Crippen LogP) is 3.11. The van der Waals surface area contributed by atoms with Gasteiger partial charge >= 0.3 is 0 Å². The lowest BCUT2D eigenvalue weighted by Crippen LogP contribution is -2.43. The van der Waals surface area contributed by atoms with Crippen molar-refractivity contribution in [3.05, 3.63) is 51.5 Å². The minimum atomic E-state index is -0.171. The molecule has 0 radical (unpaired) electrons. The van der Waals surface area contributed by atoms with Crippen molar-refractivity contribution in [1.82, 2.24) is 15.6 Å². The van der Waals surface area contributed by atoms with E-state index in [-0.39, 0.29) is 36.3 Å². The van der Waals surface area contributed by atoms with Crippen LogP contribution in [0.3, 0.4) is 0 Å². The minimum absolute atomic E-state index is 0. The lowest BCUT2D eigenvalue weighted by molar-refractivity contribution is -0.0771. The first-order valence-corrected chi connectivity index (χ1v) is 9.74. The van der Waals surface area contributed by atoms with Gasteiger partial charge in [0.25, 0.3) is 5.91 Å². The van der Waals surface area contributed by atoms with Gasteiger partial charge in [-0.2, -0.15) is 0 Å². The molecule has 2 aliphatic heterocycles. The van der Waals surface area contributed by atoms with E-state index in [1.807, 2.05) is 18.2 Å². The second kappa shape index (κ2) is 9.85. The molecule has 5 nitrogen and oxygen atoms in total. The van der Waals surface area contributed by atoms with E-state index in [0.29, 0.717) is 6.54 Å². The fourth-order valence-electron chi connectivity index (χ4n) is 3.67. The molecule has 0 atom stereocenters. The minimum Gasteiger partial charge on any atom is -0.369 e. The summed E-state index contributed by atoms with van der Waals surface area (Å²) in [4.78, 5) is 18.9. The molecule has 0 unspecified atom stereocenters. The highest BCUT2D eigenvalue weighted by molar-refractivity contribution is 7.14. The summed E-state index contributed by atoms with van der Waals surface area (Å²) in [5.41, 5.74) is 2.12. The molecule has 4 rings (SSSR count). The van der Waals surface area contributed by atoms with Crippen molar-refractivity contribution < 1.29 is 9.53 Å². The van der Waals surface area contributed by atoms with Gasteiger partial charge in [-0.05, 0) is 56.1 Å². The number of nitrogens with one attached hydrogen (secondary N) is 2. The maximum absolute atomic E-state index is 12.5. The fraction of sp³-hybridized carbons (Fsp3) is 0.474. The molecule has 2 aromatic heterocycles. The van der Waals surface area contributed by atoms with E-state index in [0.717, 1.165) is 56.0 Å². The molecule has 0 aliphatic carbocycles. The van der Waals surface area contributed by atoms with Crippen LogP contribution in [-0.4, -0.2) is 37.1 Å². The zero-order chi connectivity index (χ0) is 17.1. The van der Waals surface area contributed by atoms with Gasteiger partial charge in [-0.3, -0.25) is 9.78 Å². The van der Waals surface area contributed by atoms with E-state index in [1.165, 1.54) is 10.4 Å². The Hall–Kier alpha value is -1.18. The summed E-state index contributed by atoms with van der Waals surface area (Å²) in [5, 5.41) is 6.43.